The number of amides is 3. The number of hydrogen-bond acceptors (Lipinski definition) is 5. The normalized spacial score (nSPS) is 20.9. The van der Waals surface area contributed by atoms with Gasteiger partial charge in [0.25, 0.3) is 5.91 Å². The number of carbonyl (C=O) groups is 3. The monoisotopic (exact) mass is 472 g/mol. The lowest BCUT2D eigenvalue weighted by Crippen LogP contribution is -2.38. The third-order valence-electron chi connectivity index (χ3n) is 7.47. The van der Waals surface area contributed by atoms with Gasteiger partial charge in [-0.2, -0.15) is 5.10 Å². The Bertz CT molecular complexity index is 891. The molecule has 0 aliphatic carbocycles. The van der Waals surface area contributed by atoms with Gasteiger partial charge in [0.05, 0.1) is 0 Å². The molecule has 1 aromatic rings. The number of hydrogen-bond donors (Lipinski definition) is 1. The molecular formula is C25H40N6O3. The fraction of sp³-hybridized carbons (Fsp3) is 0.760. The van der Waals surface area contributed by atoms with Crippen LogP contribution in [0.1, 0.15) is 73.6 Å². The number of likely N-dealkylation sites (tertiary alicyclic amines) is 2. The Kier molecular flexibility index (Phi) is 8.24. The van der Waals surface area contributed by atoms with Crippen molar-refractivity contribution in [3.8, 4) is 0 Å². The van der Waals surface area contributed by atoms with Crippen LogP contribution in [-0.2, 0) is 29.6 Å². The number of aryl methyl sites for hydroxylation is 1. The molecule has 4 heterocycles. The largest absolute Gasteiger partial charge is 0.356 e. The molecule has 0 unspecified atom stereocenters. The molecule has 2 saturated heterocycles. The second-order valence-corrected chi connectivity index (χ2v) is 10.2. The number of rotatable bonds is 8. The molecule has 0 bridgehead atoms. The highest BCUT2D eigenvalue weighted by molar-refractivity contribution is 5.94. The Hall–Kier alpha value is -2.42. The zero-order chi connectivity index (χ0) is 24.1. The van der Waals surface area contributed by atoms with E-state index >= 15 is 0 Å². The topological polar surface area (TPSA) is 90.8 Å². The highest BCUT2D eigenvalue weighted by Crippen LogP contribution is 2.25. The van der Waals surface area contributed by atoms with Gasteiger partial charge in [0.1, 0.15) is 0 Å². The average molecular weight is 473 g/mol. The van der Waals surface area contributed by atoms with Gasteiger partial charge < -0.3 is 20.0 Å². The predicted octanol–water partition coefficient (Wildman–Crippen LogP) is 1.56. The van der Waals surface area contributed by atoms with Crippen LogP contribution in [-0.4, -0.2) is 88.0 Å². The Morgan fingerprint density at radius 1 is 1.03 bits per heavy atom. The van der Waals surface area contributed by atoms with Crippen molar-refractivity contribution in [1.82, 2.24) is 29.8 Å². The molecule has 3 aliphatic rings. The van der Waals surface area contributed by atoms with E-state index in [1.54, 1.807) is 9.58 Å². The third kappa shape index (κ3) is 5.98. The van der Waals surface area contributed by atoms with Crippen LogP contribution < -0.4 is 5.32 Å². The van der Waals surface area contributed by atoms with E-state index in [9.17, 15) is 14.4 Å². The molecule has 34 heavy (non-hydrogen) atoms. The molecule has 2 fully saturated rings. The van der Waals surface area contributed by atoms with Gasteiger partial charge in [-0.05, 0) is 51.1 Å². The van der Waals surface area contributed by atoms with Crippen LogP contribution in [0, 0.1) is 5.92 Å². The van der Waals surface area contributed by atoms with Crippen LogP contribution in [0.3, 0.4) is 0 Å². The molecule has 3 amide bonds. The maximum absolute atomic E-state index is 13.0. The van der Waals surface area contributed by atoms with E-state index in [0.29, 0.717) is 31.7 Å². The van der Waals surface area contributed by atoms with E-state index in [2.05, 4.69) is 22.2 Å². The number of fused-ring (bicyclic) bond motifs is 1. The first-order valence-electron chi connectivity index (χ1n) is 13.0. The lowest BCUT2D eigenvalue weighted by atomic mass is 10.0. The second-order valence-electron chi connectivity index (χ2n) is 10.2. The van der Waals surface area contributed by atoms with Crippen LogP contribution in [0.2, 0.25) is 0 Å². The van der Waals surface area contributed by atoms with Crippen molar-refractivity contribution in [2.45, 2.75) is 64.8 Å². The number of carbonyl (C=O) groups excluding carboxylic acids is 3. The minimum atomic E-state index is -0.0654. The van der Waals surface area contributed by atoms with Gasteiger partial charge in [0, 0.05) is 76.8 Å². The molecule has 4 rings (SSSR count). The van der Waals surface area contributed by atoms with Gasteiger partial charge in [0.15, 0.2) is 5.69 Å². The summed E-state index contributed by atoms with van der Waals surface area (Å²) in [6.45, 7) is 8.83. The van der Waals surface area contributed by atoms with E-state index in [1.165, 1.54) is 12.8 Å². The zero-order valence-electron chi connectivity index (χ0n) is 20.9. The van der Waals surface area contributed by atoms with Crippen molar-refractivity contribution < 1.29 is 14.4 Å². The van der Waals surface area contributed by atoms with Gasteiger partial charge in [-0.25, -0.2) is 0 Å². The SMILES string of the molecule is C[C@@H]1CCCN(CCCNC(=O)CCC(=O)N2CCc3c(c(C(=O)N4CCCC4)nn3C)C2)C1. The highest BCUT2D eigenvalue weighted by atomic mass is 16.2. The molecule has 1 atom stereocenters. The summed E-state index contributed by atoms with van der Waals surface area (Å²) in [5.74, 6) is 0.638. The molecular weight excluding hydrogens is 432 g/mol. The third-order valence-corrected chi connectivity index (χ3v) is 7.47. The van der Waals surface area contributed by atoms with Crippen molar-refractivity contribution in [1.29, 1.82) is 0 Å². The van der Waals surface area contributed by atoms with Crippen molar-refractivity contribution >= 4 is 17.7 Å². The first-order valence-corrected chi connectivity index (χ1v) is 13.0. The minimum absolute atomic E-state index is 0.0259. The maximum atomic E-state index is 13.0. The summed E-state index contributed by atoms with van der Waals surface area (Å²) >= 11 is 0. The van der Waals surface area contributed by atoms with Crippen LogP contribution in [0.25, 0.3) is 0 Å². The Balaban J connectivity index is 1.21. The summed E-state index contributed by atoms with van der Waals surface area (Å²) in [5.41, 5.74) is 2.39. The van der Waals surface area contributed by atoms with E-state index in [4.69, 9.17) is 0 Å². The summed E-state index contributed by atoms with van der Waals surface area (Å²) in [4.78, 5) is 44.2. The number of aromatic nitrogens is 2. The summed E-state index contributed by atoms with van der Waals surface area (Å²) in [6.07, 6.45) is 6.66. The zero-order valence-corrected chi connectivity index (χ0v) is 20.9. The number of nitrogens with zero attached hydrogens (tertiary/aromatic N) is 5. The molecule has 3 aliphatic heterocycles. The lowest BCUT2D eigenvalue weighted by Gasteiger charge is -2.30. The van der Waals surface area contributed by atoms with E-state index < -0.39 is 0 Å². The first-order chi connectivity index (χ1) is 16.4. The Labute approximate surface area is 202 Å². The van der Waals surface area contributed by atoms with E-state index in [0.717, 1.165) is 69.2 Å². The predicted molar refractivity (Wildman–Crippen MR) is 129 cm³/mol. The van der Waals surface area contributed by atoms with Crippen LogP contribution in [0.4, 0.5) is 0 Å². The molecule has 1 aromatic heterocycles. The molecule has 9 nitrogen and oxygen atoms in total. The number of nitrogens with one attached hydrogen (secondary N) is 1. The van der Waals surface area contributed by atoms with Crippen LogP contribution >= 0.6 is 0 Å². The summed E-state index contributed by atoms with van der Waals surface area (Å²) in [6, 6.07) is 0. The Morgan fingerprint density at radius 3 is 2.59 bits per heavy atom. The lowest BCUT2D eigenvalue weighted by molar-refractivity contribution is -0.134. The van der Waals surface area contributed by atoms with Crippen molar-refractivity contribution in [3.63, 3.8) is 0 Å². The average Bonchev–Trinajstić information content (AvgIpc) is 3.48. The second kappa shape index (κ2) is 11.3. The molecule has 0 saturated carbocycles. The van der Waals surface area contributed by atoms with Gasteiger partial charge in [-0.1, -0.05) is 6.92 Å². The quantitative estimate of drug-likeness (QED) is 0.580. The van der Waals surface area contributed by atoms with Gasteiger partial charge in [0.2, 0.25) is 11.8 Å². The fourth-order valence-corrected chi connectivity index (χ4v) is 5.53. The van der Waals surface area contributed by atoms with Gasteiger partial charge >= 0.3 is 0 Å². The molecule has 188 valence electrons. The standard InChI is InChI=1S/C25H40N6O3/c1-19-7-5-12-29(17-19)13-6-11-26-22(32)8-9-23(33)31-16-10-21-20(18-31)24(27-28(21)2)25(34)30-14-3-4-15-30/h19H,3-18H2,1-2H3,(H,26,32)/t19-/m1/s1. The summed E-state index contributed by atoms with van der Waals surface area (Å²) < 4.78 is 1.79. The summed E-state index contributed by atoms with van der Waals surface area (Å²) in [7, 11) is 1.87. The van der Waals surface area contributed by atoms with Crippen LogP contribution in [0.15, 0.2) is 0 Å². The smallest absolute Gasteiger partial charge is 0.274 e. The van der Waals surface area contributed by atoms with Crippen molar-refractivity contribution in [2.75, 3.05) is 45.8 Å². The first kappa shape index (κ1) is 24.7. The minimum Gasteiger partial charge on any atom is -0.356 e. The molecule has 0 aromatic carbocycles. The highest BCUT2D eigenvalue weighted by Gasteiger charge is 2.32. The van der Waals surface area contributed by atoms with Gasteiger partial charge in [-0.15, -0.1) is 0 Å². The maximum Gasteiger partial charge on any atom is 0.274 e. The Morgan fingerprint density at radius 2 is 1.82 bits per heavy atom. The molecule has 0 spiro atoms. The van der Waals surface area contributed by atoms with Crippen molar-refractivity contribution in [3.05, 3.63) is 17.0 Å². The molecule has 9 heteroatoms. The molecule has 1 N–H and O–H groups in total. The van der Waals surface area contributed by atoms with Crippen LogP contribution in [0.5, 0.6) is 0 Å². The van der Waals surface area contributed by atoms with Crippen molar-refractivity contribution in [2.24, 2.45) is 13.0 Å². The van der Waals surface area contributed by atoms with E-state index in [1.807, 2.05) is 11.9 Å². The molecule has 0 radical (unpaired) electrons. The fourth-order valence-electron chi connectivity index (χ4n) is 5.53. The van der Waals surface area contributed by atoms with Gasteiger partial charge in [-0.3, -0.25) is 19.1 Å². The van der Waals surface area contributed by atoms with E-state index in [-0.39, 0.29) is 30.6 Å². The summed E-state index contributed by atoms with van der Waals surface area (Å²) in [5, 5.41) is 7.47. The number of piperidine rings is 1.